The zero-order valence-corrected chi connectivity index (χ0v) is 19.8. The number of nitrogens with one attached hydrogen (secondary N) is 1. The zero-order chi connectivity index (χ0) is 23.7. The summed E-state index contributed by atoms with van der Waals surface area (Å²) in [5, 5.41) is 12.3. The number of fused-ring (bicyclic) bond motifs is 1. The second kappa shape index (κ2) is 9.68. The van der Waals surface area contributed by atoms with Crippen molar-refractivity contribution in [2.45, 2.75) is 43.8 Å². The van der Waals surface area contributed by atoms with Gasteiger partial charge in [0.05, 0.1) is 18.2 Å². The maximum atomic E-state index is 13.6. The van der Waals surface area contributed by atoms with Crippen LogP contribution in [0, 0.1) is 5.82 Å². The number of nitrogens with zero attached hydrogens (tertiary/aromatic N) is 4. The van der Waals surface area contributed by atoms with E-state index in [2.05, 4.69) is 27.3 Å². The molecule has 7 nitrogen and oxygen atoms in total. The van der Waals surface area contributed by atoms with E-state index >= 15 is 0 Å². The number of piperidine rings is 1. The van der Waals surface area contributed by atoms with Crippen LogP contribution in [0.15, 0.2) is 47.6 Å². The van der Waals surface area contributed by atoms with E-state index in [4.69, 9.17) is 0 Å². The van der Waals surface area contributed by atoms with Crippen LogP contribution < -0.4 is 5.32 Å². The maximum absolute atomic E-state index is 13.6. The summed E-state index contributed by atoms with van der Waals surface area (Å²) in [6, 6.07) is 11.6. The average molecular weight is 480 g/mol. The van der Waals surface area contributed by atoms with E-state index in [-0.39, 0.29) is 29.3 Å². The first-order chi connectivity index (χ1) is 16.5. The highest BCUT2D eigenvalue weighted by Gasteiger charge is 2.26. The molecule has 0 aliphatic carbocycles. The van der Waals surface area contributed by atoms with E-state index in [1.54, 1.807) is 30.3 Å². The molecular formula is C25H26FN5O2S. The summed E-state index contributed by atoms with van der Waals surface area (Å²) in [5.74, 6) is 0.544. The number of hydrogen-bond acceptors (Lipinski definition) is 6. The monoisotopic (exact) mass is 479 g/mol. The van der Waals surface area contributed by atoms with Crippen molar-refractivity contribution >= 4 is 29.1 Å². The lowest BCUT2D eigenvalue weighted by molar-refractivity contribution is -0.115. The molecule has 2 aliphatic rings. The Hall–Kier alpha value is -3.04. The van der Waals surface area contributed by atoms with Gasteiger partial charge in [-0.3, -0.25) is 19.1 Å². The number of ketones is 1. The SMILES string of the molecule is C[C@H](c1nnc(SCC(=O)c2ccc3c(c2)CC(=O)N3)n1-c1ccc(F)cc1)N1CCCCC1. The Bertz CT molecular complexity index is 1220. The number of thioether (sulfide) groups is 1. The Balaban J connectivity index is 1.39. The fourth-order valence-electron chi connectivity index (χ4n) is 4.56. The van der Waals surface area contributed by atoms with Crippen molar-refractivity contribution in [2.75, 3.05) is 24.2 Å². The number of halogens is 1. The minimum Gasteiger partial charge on any atom is -0.326 e. The maximum Gasteiger partial charge on any atom is 0.228 e. The number of Topliss-reactive ketones (excluding diaryl/α,β-unsaturated/α-hetero) is 1. The molecule has 0 bridgehead atoms. The van der Waals surface area contributed by atoms with Crippen LogP contribution in [0.1, 0.15) is 54.0 Å². The molecule has 0 radical (unpaired) electrons. The smallest absolute Gasteiger partial charge is 0.228 e. The van der Waals surface area contributed by atoms with E-state index in [0.29, 0.717) is 17.1 Å². The summed E-state index contributed by atoms with van der Waals surface area (Å²) in [6.45, 7) is 4.14. The van der Waals surface area contributed by atoms with Gasteiger partial charge in [0.15, 0.2) is 16.8 Å². The Morgan fingerprint density at radius 2 is 1.88 bits per heavy atom. The number of anilines is 1. The fourth-order valence-corrected chi connectivity index (χ4v) is 5.42. The predicted molar refractivity (Wildman–Crippen MR) is 129 cm³/mol. The number of carbonyl (C=O) groups excluding carboxylic acids is 2. The molecule has 1 saturated heterocycles. The average Bonchev–Trinajstić information content (AvgIpc) is 3.45. The molecule has 5 rings (SSSR count). The molecule has 2 aliphatic heterocycles. The van der Waals surface area contributed by atoms with Gasteiger partial charge in [0.2, 0.25) is 5.91 Å². The molecule has 1 N–H and O–H groups in total. The lowest BCUT2D eigenvalue weighted by Gasteiger charge is -2.31. The fraction of sp³-hybridized carbons (Fsp3) is 0.360. The van der Waals surface area contributed by atoms with Gasteiger partial charge in [0.1, 0.15) is 5.82 Å². The van der Waals surface area contributed by atoms with Crippen LogP contribution in [0.25, 0.3) is 5.69 Å². The van der Waals surface area contributed by atoms with E-state index in [1.807, 2.05) is 4.57 Å². The van der Waals surface area contributed by atoms with Crippen LogP contribution in [0.3, 0.4) is 0 Å². The molecule has 3 heterocycles. The molecule has 3 aromatic rings. The van der Waals surface area contributed by atoms with Crippen molar-refractivity contribution in [1.82, 2.24) is 19.7 Å². The molecule has 34 heavy (non-hydrogen) atoms. The summed E-state index contributed by atoms with van der Waals surface area (Å²) >= 11 is 1.31. The second-order valence-corrected chi connectivity index (χ2v) is 9.68. The second-order valence-electron chi connectivity index (χ2n) is 8.73. The first-order valence-electron chi connectivity index (χ1n) is 11.5. The van der Waals surface area contributed by atoms with Crippen LogP contribution >= 0.6 is 11.8 Å². The number of benzene rings is 2. The van der Waals surface area contributed by atoms with E-state index in [9.17, 15) is 14.0 Å². The molecule has 0 spiro atoms. The Morgan fingerprint density at radius 3 is 2.65 bits per heavy atom. The van der Waals surface area contributed by atoms with Crippen molar-refractivity contribution in [3.05, 3.63) is 65.2 Å². The van der Waals surface area contributed by atoms with Crippen molar-refractivity contribution < 1.29 is 14.0 Å². The number of aromatic nitrogens is 3. The van der Waals surface area contributed by atoms with E-state index in [0.717, 1.165) is 48.7 Å². The van der Waals surface area contributed by atoms with Crippen LogP contribution in [0.2, 0.25) is 0 Å². The number of hydrogen-bond donors (Lipinski definition) is 1. The van der Waals surface area contributed by atoms with Crippen molar-refractivity contribution in [1.29, 1.82) is 0 Å². The van der Waals surface area contributed by atoms with Gasteiger partial charge in [0, 0.05) is 16.9 Å². The van der Waals surface area contributed by atoms with Gasteiger partial charge >= 0.3 is 0 Å². The Kier molecular flexibility index (Phi) is 6.47. The highest BCUT2D eigenvalue weighted by atomic mass is 32.2. The van der Waals surface area contributed by atoms with Gasteiger partial charge in [-0.1, -0.05) is 18.2 Å². The summed E-state index contributed by atoms with van der Waals surface area (Å²) in [4.78, 5) is 26.9. The highest BCUT2D eigenvalue weighted by molar-refractivity contribution is 7.99. The summed E-state index contributed by atoms with van der Waals surface area (Å²) in [6.07, 6.45) is 3.85. The zero-order valence-electron chi connectivity index (χ0n) is 19.0. The highest BCUT2D eigenvalue weighted by Crippen LogP contribution is 2.30. The minimum atomic E-state index is -0.309. The quantitative estimate of drug-likeness (QED) is 0.399. The Labute approximate surface area is 201 Å². The van der Waals surface area contributed by atoms with Crippen LogP contribution in [0.5, 0.6) is 0 Å². The molecule has 1 aromatic heterocycles. The number of amides is 1. The summed E-state index contributed by atoms with van der Waals surface area (Å²) in [5.41, 5.74) is 2.94. The molecule has 176 valence electrons. The van der Waals surface area contributed by atoms with E-state index in [1.165, 1.54) is 30.3 Å². The molecule has 0 saturated carbocycles. The minimum absolute atomic E-state index is 0.0460. The van der Waals surface area contributed by atoms with Crippen molar-refractivity contribution in [3.8, 4) is 5.69 Å². The lowest BCUT2D eigenvalue weighted by atomic mass is 10.1. The third-order valence-electron chi connectivity index (χ3n) is 6.44. The molecule has 1 fully saturated rings. The summed E-state index contributed by atoms with van der Waals surface area (Å²) < 4.78 is 15.5. The topological polar surface area (TPSA) is 80.1 Å². The van der Waals surface area contributed by atoms with Gasteiger partial charge < -0.3 is 5.32 Å². The molecule has 9 heteroatoms. The van der Waals surface area contributed by atoms with Gasteiger partial charge in [-0.05, 0) is 80.9 Å². The van der Waals surface area contributed by atoms with Crippen LogP contribution in [0.4, 0.5) is 10.1 Å². The van der Waals surface area contributed by atoms with Gasteiger partial charge in [-0.25, -0.2) is 4.39 Å². The standard InChI is InChI=1S/C25H26FN5O2S/c1-16(30-11-3-2-4-12-30)24-28-29-25(31(24)20-8-6-19(26)7-9-20)34-15-22(32)17-5-10-21-18(13-17)14-23(33)27-21/h5-10,13,16H,2-4,11-12,14-15H2,1H3,(H,27,33)/t16-/m1/s1. The van der Waals surface area contributed by atoms with Gasteiger partial charge in [-0.15, -0.1) is 10.2 Å². The van der Waals surface area contributed by atoms with E-state index < -0.39 is 0 Å². The molecule has 0 unspecified atom stereocenters. The number of rotatable bonds is 7. The largest absolute Gasteiger partial charge is 0.326 e. The third kappa shape index (κ3) is 4.63. The molecule has 2 aromatic carbocycles. The number of carbonyl (C=O) groups is 2. The Morgan fingerprint density at radius 1 is 1.12 bits per heavy atom. The summed E-state index contributed by atoms with van der Waals surface area (Å²) in [7, 11) is 0. The van der Waals surface area contributed by atoms with Crippen molar-refractivity contribution in [2.24, 2.45) is 0 Å². The van der Waals surface area contributed by atoms with Crippen LogP contribution in [-0.2, 0) is 11.2 Å². The number of likely N-dealkylation sites (tertiary alicyclic amines) is 1. The van der Waals surface area contributed by atoms with Crippen LogP contribution in [-0.4, -0.2) is 50.2 Å². The van der Waals surface area contributed by atoms with Gasteiger partial charge in [-0.2, -0.15) is 0 Å². The third-order valence-corrected chi connectivity index (χ3v) is 7.37. The first-order valence-corrected chi connectivity index (χ1v) is 12.5. The predicted octanol–water partition coefficient (Wildman–Crippen LogP) is 4.42. The van der Waals surface area contributed by atoms with Crippen molar-refractivity contribution in [3.63, 3.8) is 0 Å². The van der Waals surface area contributed by atoms with Gasteiger partial charge in [0.25, 0.3) is 0 Å². The lowest BCUT2D eigenvalue weighted by Crippen LogP contribution is -2.33. The normalized spacial score (nSPS) is 16.8. The molecule has 1 atom stereocenters. The molecular weight excluding hydrogens is 453 g/mol. The first kappa shape index (κ1) is 22.7. The molecule has 1 amide bonds.